The average Bonchev–Trinajstić information content (AvgIpc) is 3.42. The molecule has 0 bridgehead atoms. The Morgan fingerprint density at radius 2 is 1.86 bits per heavy atom. The molecule has 3 amide bonds. The van der Waals surface area contributed by atoms with E-state index in [9.17, 15) is 14.4 Å². The number of likely N-dealkylation sites (tertiary alicyclic amines) is 1. The predicted molar refractivity (Wildman–Crippen MR) is 126 cm³/mol. The van der Waals surface area contributed by atoms with E-state index in [1.54, 1.807) is 50.9 Å². The molecule has 3 aromatic rings. The van der Waals surface area contributed by atoms with Gasteiger partial charge < -0.3 is 19.5 Å². The SMILES string of the molecule is CC(C)(C)OC(=O)N1C[C@H](C(=O)NO)[C@H](NC(=O)c2ccc(Cn3cnc4ncccc43)cc2)C1. The van der Waals surface area contributed by atoms with E-state index in [0.29, 0.717) is 17.8 Å². The quantitative estimate of drug-likeness (QED) is 0.375. The second kappa shape index (κ2) is 9.71. The zero-order chi connectivity index (χ0) is 25.2. The maximum absolute atomic E-state index is 12.9. The van der Waals surface area contributed by atoms with Gasteiger partial charge in [-0.05, 0) is 50.6 Å². The van der Waals surface area contributed by atoms with Crippen molar-refractivity contribution in [1.82, 2.24) is 30.2 Å². The molecule has 35 heavy (non-hydrogen) atoms. The van der Waals surface area contributed by atoms with E-state index in [2.05, 4.69) is 15.3 Å². The van der Waals surface area contributed by atoms with Crippen LogP contribution in [0.15, 0.2) is 48.9 Å². The second-order valence-electron chi connectivity index (χ2n) is 9.46. The third kappa shape index (κ3) is 5.57. The molecule has 0 unspecified atom stereocenters. The minimum absolute atomic E-state index is 0.0128. The highest BCUT2D eigenvalue weighted by Crippen LogP contribution is 2.21. The lowest BCUT2D eigenvalue weighted by molar-refractivity contribution is -0.133. The molecule has 3 heterocycles. The molecular weight excluding hydrogens is 452 g/mol. The van der Waals surface area contributed by atoms with E-state index in [4.69, 9.17) is 9.94 Å². The monoisotopic (exact) mass is 480 g/mol. The van der Waals surface area contributed by atoms with Crippen molar-refractivity contribution < 1.29 is 24.3 Å². The van der Waals surface area contributed by atoms with Gasteiger partial charge in [0, 0.05) is 31.4 Å². The molecule has 1 aliphatic heterocycles. The van der Waals surface area contributed by atoms with Crippen molar-refractivity contribution in [3.05, 3.63) is 60.0 Å². The molecule has 184 valence electrons. The van der Waals surface area contributed by atoms with Crippen LogP contribution in [0, 0.1) is 5.92 Å². The molecule has 11 nitrogen and oxygen atoms in total. The smallest absolute Gasteiger partial charge is 0.410 e. The topological polar surface area (TPSA) is 139 Å². The highest BCUT2D eigenvalue weighted by molar-refractivity contribution is 5.95. The van der Waals surface area contributed by atoms with Crippen LogP contribution >= 0.6 is 0 Å². The summed E-state index contributed by atoms with van der Waals surface area (Å²) in [4.78, 5) is 47.4. The van der Waals surface area contributed by atoms with E-state index in [1.807, 2.05) is 28.8 Å². The maximum atomic E-state index is 12.9. The van der Waals surface area contributed by atoms with Crippen molar-refractivity contribution in [2.75, 3.05) is 13.1 Å². The molecule has 1 aromatic carbocycles. The van der Waals surface area contributed by atoms with Crippen LogP contribution in [-0.4, -0.2) is 67.3 Å². The van der Waals surface area contributed by atoms with E-state index in [1.165, 1.54) is 4.90 Å². The van der Waals surface area contributed by atoms with Gasteiger partial charge in [-0.1, -0.05) is 12.1 Å². The Morgan fingerprint density at radius 1 is 1.11 bits per heavy atom. The Hall–Kier alpha value is -3.99. The third-order valence-corrected chi connectivity index (χ3v) is 5.70. The summed E-state index contributed by atoms with van der Waals surface area (Å²) in [5, 5.41) is 11.9. The van der Waals surface area contributed by atoms with Gasteiger partial charge in [0.15, 0.2) is 5.65 Å². The summed E-state index contributed by atoms with van der Waals surface area (Å²) in [5.41, 5.74) is 3.88. The molecule has 1 fully saturated rings. The van der Waals surface area contributed by atoms with E-state index < -0.39 is 29.6 Å². The van der Waals surface area contributed by atoms with E-state index in [0.717, 1.165) is 11.1 Å². The number of fused-ring (bicyclic) bond motifs is 1. The number of benzene rings is 1. The van der Waals surface area contributed by atoms with Crippen molar-refractivity contribution >= 4 is 29.1 Å². The molecule has 3 N–H and O–H groups in total. The first-order valence-electron chi connectivity index (χ1n) is 11.2. The van der Waals surface area contributed by atoms with Crippen molar-refractivity contribution in [3.63, 3.8) is 0 Å². The summed E-state index contributed by atoms with van der Waals surface area (Å²) in [5.74, 6) is -1.89. The van der Waals surface area contributed by atoms with Gasteiger partial charge in [0.2, 0.25) is 5.91 Å². The molecule has 4 rings (SSSR count). The van der Waals surface area contributed by atoms with Gasteiger partial charge in [-0.3, -0.25) is 14.8 Å². The van der Waals surface area contributed by atoms with Crippen molar-refractivity contribution in [2.45, 2.75) is 39.0 Å². The number of pyridine rings is 1. The molecule has 2 atom stereocenters. The normalized spacial score (nSPS) is 17.9. The number of carbonyl (C=O) groups excluding carboxylic acids is 3. The Labute approximate surface area is 202 Å². The van der Waals surface area contributed by atoms with Gasteiger partial charge in [-0.2, -0.15) is 0 Å². The number of amides is 3. The lowest BCUT2D eigenvalue weighted by Gasteiger charge is -2.24. The number of hydrogen-bond acceptors (Lipinski definition) is 7. The Kier molecular flexibility index (Phi) is 6.70. The summed E-state index contributed by atoms with van der Waals surface area (Å²) >= 11 is 0. The standard InChI is InChI=1S/C24H28N6O5/c1-24(2,3)35-23(33)29-12-17(22(32)28-34)18(13-29)27-21(31)16-8-6-15(7-9-16)11-30-14-26-20-19(30)5-4-10-25-20/h4-10,14,17-18,34H,11-13H2,1-3H3,(H,27,31)(H,28,32)/t17-,18+/m0/s1. The first kappa shape index (κ1) is 24.1. The van der Waals surface area contributed by atoms with Crippen LogP contribution < -0.4 is 10.8 Å². The molecule has 11 heteroatoms. The molecule has 0 saturated carbocycles. The van der Waals surface area contributed by atoms with Crippen LogP contribution in [0.1, 0.15) is 36.7 Å². The number of rotatable bonds is 5. The number of ether oxygens (including phenoxy) is 1. The summed E-state index contributed by atoms with van der Waals surface area (Å²) in [6.07, 6.45) is 2.83. The fraction of sp³-hybridized carbons (Fsp3) is 0.375. The number of nitrogens with one attached hydrogen (secondary N) is 2. The first-order valence-corrected chi connectivity index (χ1v) is 11.2. The maximum Gasteiger partial charge on any atom is 0.410 e. The van der Waals surface area contributed by atoms with Gasteiger partial charge in [0.05, 0.1) is 23.8 Å². The fourth-order valence-electron chi connectivity index (χ4n) is 4.01. The minimum Gasteiger partial charge on any atom is -0.444 e. The summed E-state index contributed by atoms with van der Waals surface area (Å²) < 4.78 is 7.35. The second-order valence-corrected chi connectivity index (χ2v) is 9.46. The number of hydroxylamine groups is 1. The van der Waals surface area contributed by atoms with Crippen LogP contribution in [0.25, 0.3) is 11.2 Å². The van der Waals surface area contributed by atoms with Gasteiger partial charge in [0.1, 0.15) is 5.60 Å². The highest BCUT2D eigenvalue weighted by Gasteiger charge is 2.41. The number of carbonyl (C=O) groups is 3. The van der Waals surface area contributed by atoms with E-state index in [-0.39, 0.29) is 19.0 Å². The third-order valence-electron chi connectivity index (χ3n) is 5.70. The Bertz CT molecular complexity index is 1230. The van der Waals surface area contributed by atoms with Crippen LogP contribution in [0.4, 0.5) is 4.79 Å². The van der Waals surface area contributed by atoms with Crippen LogP contribution in [0.3, 0.4) is 0 Å². The van der Waals surface area contributed by atoms with Crippen molar-refractivity contribution in [3.8, 4) is 0 Å². The average molecular weight is 481 g/mol. The van der Waals surface area contributed by atoms with Crippen LogP contribution in [0.2, 0.25) is 0 Å². The lowest BCUT2D eigenvalue weighted by Crippen LogP contribution is -2.45. The molecule has 2 aromatic heterocycles. The van der Waals surface area contributed by atoms with Crippen molar-refractivity contribution in [2.24, 2.45) is 5.92 Å². The molecule has 0 aliphatic carbocycles. The van der Waals surface area contributed by atoms with E-state index >= 15 is 0 Å². The van der Waals surface area contributed by atoms with Gasteiger partial charge in [0.25, 0.3) is 5.91 Å². The van der Waals surface area contributed by atoms with Gasteiger partial charge >= 0.3 is 6.09 Å². The zero-order valence-electron chi connectivity index (χ0n) is 19.8. The highest BCUT2D eigenvalue weighted by atomic mass is 16.6. The number of imidazole rings is 1. The van der Waals surface area contributed by atoms with Crippen LogP contribution in [0.5, 0.6) is 0 Å². The lowest BCUT2D eigenvalue weighted by atomic mass is 10.0. The largest absolute Gasteiger partial charge is 0.444 e. The molecule has 1 aliphatic rings. The first-order chi connectivity index (χ1) is 16.6. The molecular formula is C24H28N6O5. The molecule has 0 radical (unpaired) electrons. The zero-order valence-corrected chi connectivity index (χ0v) is 19.8. The fourth-order valence-corrected chi connectivity index (χ4v) is 4.01. The van der Waals surface area contributed by atoms with Crippen LogP contribution in [-0.2, 0) is 16.1 Å². The molecule has 0 spiro atoms. The van der Waals surface area contributed by atoms with Gasteiger partial charge in [-0.15, -0.1) is 0 Å². The van der Waals surface area contributed by atoms with Crippen molar-refractivity contribution in [1.29, 1.82) is 0 Å². The Morgan fingerprint density at radius 3 is 2.54 bits per heavy atom. The summed E-state index contributed by atoms with van der Waals surface area (Å²) in [6, 6.07) is 10.2. The minimum atomic E-state index is -0.820. The number of hydrogen-bond donors (Lipinski definition) is 3. The Balaban J connectivity index is 1.42. The number of aromatic nitrogens is 3. The molecule has 1 saturated heterocycles. The predicted octanol–water partition coefficient (Wildman–Crippen LogP) is 1.95. The summed E-state index contributed by atoms with van der Waals surface area (Å²) in [6.45, 7) is 5.89. The van der Waals surface area contributed by atoms with Gasteiger partial charge in [-0.25, -0.2) is 20.2 Å². The summed E-state index contributed by atoms with van der Waals surface area (Å²) in [7, 11) is 0. The number of nitrogens with zero attached hydrogens (tertiary/aromatic N) is 4.